The highest BCUT2D eigenvalue weighted by molar-refractivity contribution is 5.94. The fourth-order valence-corrected chi connectivity index (χ4v) is 4.05. The molecule has 0 radical (unpaired) electrons. The lowest BCUT2D eigenvalue weighted by molar-refractivity contribution is -0.153. The van der Waals surface area contributed by atoms with Crippen LogP contribution in [-0.2, 0) is 14.3 Å². The quantitative estimate of drug-likeness (QED) is 0.740. The van der Waals surface area contributed by atoms with Crippen LogP contribution in [0.3, 0.4) is 0 Å². The van der Waals surface area contributed by atoms with E-state index in [-0.39, 0.29) is 36.1 Å². The predicted octanol–water partition coefficient (Wildman–Crippen LogP) is 2.92. The molecular weight excluding hydrogens is 375 g/mol. The van der Waals surface area contributed by atoms with Gasteiger partial charge in [-0.1, -0.05) is 19.3 Å². The van der Waals surface area contributed by atoms with Gasteiger partial charge in [-0.3, -0.25) is 14.4 Å². The van der Waals surface area contributed by atoms with Gasteiger partial charge in [0.1, 0.15) is 5.82 Å². The summed E-state index contributed by atoms with van der Waals surface area (Å²) in [6, 6.07) is 5.45. The highest BCUT2D eigenvalue weighted by Gasteiger charge is 2.29. The average Bonchev–Trinajstić information content (AvgIpc) is 2.77. The third-order valence-corrected chi connectivity index (χ3v) is 5.86. The fourth-order valence-electron chi connectivity index (χ4n) is 4.05. The molecule has 1 aliphatic carbocycles. The third kappa shape index (κ3) is 6.27. The number of nitrogens with one attached hydrogen (secondary N) is 1. The van der Waals surface area contributed by atoms with Gasteiger partial charge in [0, 0.05) is 25.2 Å². The first-order valence-corrected chi connectivity index (χ1v) is 10.5. The van der Waals surface area contributed by atoms with Crippen LogP contribution in [0.15, 0.2) is 24.3 Å². The Morgan fingerprint density at radius 2 is 1.66 bits per heavy atom. The molecule has 3 rings (SSSR count). The summed E-state index contributed by atoms with van der Waals surface area (Å²) < 4.78 is 18.2. The Labute approximate surface area is 170 Å². The number of ether oxygens (including phenoxy) is 1. The highest BCUT2D eigenvalue weighted by atomic mass is 19.1. The van der Waals surface area contributed by atoms with E-state index in [2.05, 4.69) is 5.32 Å². The van der Waals surface area contributed by atoms with Crippen LogP contribution in [0.5, 0.6) is 0 Å². The minimum atomic E-state index is -0.384. The molecule has 158 valence electrons. The average molecular weight is 404 g/mol. The summed E-state index contributed by atoms with van der Waals surface area (Å²) >= 11 is 0. The predicted molar refractivity (Wildman–Crippen MR) is 106 cm³/mol. The highest BCUT2D eigenvalue weighted by Crippen LogP contribution is 2.23. The first-order valence-electron chi connectivity index (χ1n) is 10.5. The van der Waals surface area contributed by atoms with Gasteiger partial charge in [0.05, 0.1) is 5.92 Å². The van der Waals surface area contributed by atoms with Crippen LogP contribution in [0.2, 0.25) is 0 Å². The number of esters is 1. The Bertz CT molecular complexity index is 708. The first-order chi connectivity index (χ1) is 14.0. The van der Waals surface area contributed by atoms with Crippen LogP contribution >= 0.6 is 0 Å². The summed E-state index contributed by atoms with van der Waals surface area (Å²) in [5, 5.41) is 2.86. The molecule has 6 nitrogen and oxygen atoms in total. The van der Waals surface area contributed by atoms with Crippen molar-refractivity contribution in [3.63, 3.8) is 0 Å². The zero-order chi connectivity index (χ0) is 20.6. The molecule has 1 heterocycles. The van der Waals surface area contributed by atoms with Crippen molar-refractivity contribution >= 4 is 17.8 Å². The molecule has 0 spiro atoms. The Balaban J connectivity index is 1.35. The number of amides is 2. The maximum atomic E-state index is 13.0. The topological polar surface area (TPSA) is 75.7 Å². The maximum Gasteiger partial charge on any atom is 0.309 e. The van der Waals surface area contributed by atoms with Crippen molar-refractivity contribution in [1.29, 1.82) is 0 Å². The molecule has 2 fully saturated rings. The minimum Gasteiger partial charge on any atom is -0.455 e. The SMILES string of the molecule is O=C(COC(=O)C1CCN(C(=O)c2ccc(F)cc2)CC1)NCC1CCCCC1. The van der Waals surface area contributed by atoms with Gasteiger partial charge < -0.3 is 15.0 Å². The molecule has 1 aromatic carbocycles. The first kappa shape index (κ1) is 21.3. The summed E-state index contributed by atoms with van der Waals surface area (Å²) in [5.74, 6) is -0.964. The summed E-state index contributed by atoms with van der Waals surface area (Å²) in [6.45, 7) is 1.27. The number of rotatable bonds is 6. The molecule has 0 unspecified atom stereocenters. The van der Waals surface area contributed by atoms with Gasteiger partial charge in [0.2, 0.25) is 0 Å². The van der Waals surface area contributed by atoms with Gasteiger partial charge in [0.25, 0.3) is 11.8 Å². The fraction of sp³-hybridized carbons (Fsp3) is 0.591. The van der Waals surface area contributed by atoms with Crippen molar-refractivity contribution in [3.8, 4) is 0 Å². The van der Waals surface area contributed by atoms with Crippen LogP contribution in [0, 0.1) is 17.7 Å². The second kappa shape index (κ2) is 10.4. The van der Waals surface area contributed by atoms with Crippen LogP contribution in [0.4, 0.5) is 4.39 Å². The number of hydrogen-bond donors (Lipinski definition) is 1. The summed E-state index contributed by atoms with van der Waals surface area (Å²) in [4.78, 5) is 38.3. The number of likely N-dealkylation sites (tertiary alicyclic amines) is 1. The van der Waals surface area contributed by atoms with E-state index < -0.39 is 0 Å². The van der Waals surface area contributed by atoms with Crippen LogP contribution < -0.4 is 5.32 Å². The molecule has 1 saturated heterocycles. The molecule has 29 heavy (non-hydrogen) atoms. The van der Waals surface area contributed by atoms with Gasteiger partial charge in [-0.05, 0) is 55.9 Å². The van der Waals surface area contributed by atoms with E-state index in [9.17, 15) is 18.8 Å². The lowest BCUT2D eigenvalue weighted by Gasteiger charge is -2.31. The smallest absolute Gasteiger partial charge is 0.309 e. The Morgan fingerprint density at radius 1 is 1.00 bits per heavy atom. The molecule has 2 amide bonds. The zero-order valence-corrected chi connectivity index (χ0v) is 16.7. The molecule has 0 bridgehead atoms. The minimum absolute atomic E-state index is 0.168. The Hall–Kier alpha value is -2.44. The normalized spacial score (nSPS) is 18.3. The van der Waals surface area contributed by atoms with Crippen LogP contribution in [0.1, 0.15) is 55.3 Å². The standard InChI is InChI=1S/C22H29FN2O4/c23-19-8-6-17(7-9-19)21(27)25-12-10-18(11-13-25)22(28)29-15-20(26)24-14-16-4-2-1-3-5-16/h6-9,16,18H,1-5,10-15H2,(H,24,26). The van der Waals surface area contributed by atoms with E-state index in [1.165, 1.54) is 43.5 Å². The van der Waals surface area contributed by atoms with Crippen molar-refractivity contribution in [1.82, 2.24) is 10.2 Å². The van der Waals surface area contributed by atoms with E-state index in [1.54, 1.807) is 4.90 Å². The summed E-state index contributed by atoms with van der Waals surface area (Å²) in [6.07, 6.45) is 7.00. The number of benzene rings is 1. The summed E-state index contributed by atoms with van der Waals surface area (Å²) in [7, 11) is 0. The van der Waals surface area contributed by atoms with E-state index in [1.807, 2.05) is 0 Å². The van der Waals surface area contributed by atoms with Crippen molar-refractivity contribution in [3.05, 3.63) is 35.6 Å². The van der Waals surface area contributed by atoms with E-state index in [0.29, 0.717) is 44.0 Å². The van der Waals surface area contributed by atoms with E-state index in [0.717, 1.165) is 12.8 Å². The third-order valence-electron chi connectivity index (χ3n) is 5.86. The van der Waals surface area contributed by atoms with Gasteiger partial charge in [-0.25, -0.2) is 4.39 Å². The van der Waals surface area contributed by atoms with Crippen molar-refractivity contribution in [2.75, 3.05) is 26.2 Å². The lowest BCUT2D eigenvalue weighted by Crippen LogP contribution is -2.41. The maximum absolute atomic E-state index is 13.0. The zero-order valence-electron chi connectivity index (χ0n) is 16.7. The molecule has 1 saturated carbocycles. The largest absolute Gasteiger partial charge is 0.455 e. The van der Waals surface area contributed by atoms with E-state index in [4.69, 9.17) is 4.74 Å². The van der Waals surface area contributed by atoms with Crippen molar-refractivity contribution in [2.24, 2.45) is 11.8 Å². The van der Waals surface area contributed by atoms with E-state index >= 15 is 0 Å². The van der Waals surface area contributed by atoms with Crippen LogP contribution in [-0.4, -0.2) is 48.9 Å². The molecule has 1 N–H and O–H groups in total. The molecular formula is C22H29FN2O4. The number of carbonyl (C=O) groups excluding carboxylic acids is 3. The lowest BCUT2D eigenvalue weighted by atomic mass is 9.89. The molecule has 1 aromatic rings. The number of piperidine rings is 1. The van der Waals surface area contributed by atoms with Crippen molar-refractivity contribution in [2.45, 2.75) is 44.9 Å². The number of nitrogens with zero attached hydrogens (tertiary/aromatic N) is 1. The molecule has 0 aromatic heterocycles. The van der Waals surface area contributed by atoms with Gasteiger partial charge in [0.15, 0.2) is 6.61 Å². The number of halogens is 1. The van der Waals surface area contributed by atoms with Gasteiger partial charge in [-0.2, -0.15) is 0 Å². The van der Waals surface area contributed by atoms with Gasteiger partial charge >= 0.3 is 5.97 Å². The molecule has 2 aliphatic rings. The Morgan fingerprint density at radius 3 is 2.31 bits per heavy atom. The number of carbonyl (C=O) groups is 3. The van der Waals surface area contributed by atoms with Crippen LogP contribution in [0.25, 0.3) is 0 Å². The summed E-state index contributed by atoms with van der Waals surface area (Å²) in [5.41, 5.74) is 0.432. The molecule has 1 aliphatic heterocycles. The number of hydrogen-bond acceptors (Lipinski definition) is 4. The Kier molecular flexibility index (Phi) is 7.61. The monoisotopic (exact) mass is 404 g/mol. The second-order valence-electron chi connectivity index (χ2n) is 7.99. The van der Waals surface area contributed by atoms with Crippen molar-refractivity contribution < 1.29 is 23.5 Å². The second-order valence-corrected chi connectivity index (χ2v) is 7.99. The molecule has 7 heteroatoms. The molecule has 0 atom stereocenters. The van der Waals surface area contributed by atoms with Gasteiger partial charge in [-0.15, -0.1) is 0 Å².